The number of aliphatic hydroxyl groups is 1. The molecular formula is C17H23NO4. The summed E-state index contributed by atoms with van der Waals surface area (Å²) in [6, 6.07) is 5.34. The Morgan fingerprint density at radius 3 is 2.68 bits per heavy atom. The molecule has 3 aliphatic rings. The molecule has 0 aliphatic carbocycles. The van der Waals surface area contributed by atoms with E-state index in [1.54, 1.807) is 7.11 Å². The van der Waals surface area contributed by atoms with Crippen LogP contribution < -0.4 is 14.2 Å². The molecule has 120 valence electrons. The van der Waals surface area contributed by atoms with Crippen molar-refractivity contribution in [3.63, 3.8) is 0 Å². The Kier molecular flexibility index (Phi) is 3.62. The molecule has 3 aliphatic heterocycles. The van der Waals surface area contributed by atoms with E-state index >= 15 is 0 Å². The Hall–Kier alpha value is -1.46. The van der Waals surface area contributed by atoms with Crippen LogP contribution in [0.25, 0.3) is 0 Å². The summed E-state index contributed by atoms with van der Waals surface area (Å²) in [5.41, 5.74) is 1.21. The molecule has 0 aromatic heterocycles. The third-order valence-electron chi connectivity index (χ3n) is 5.32. The molecule has 5 nitrogen and oxygen atoms in total. The highest BCUT2D eigenvalue weighted by molar-refractivity contribution is 5.55. The van der Waals surface area contributed by atoms with Gasteiger partial charge in [0.1, 0.15) is 0 Å². The molecule has 1 unspecified atom stereocenters. The first-order chi connectivity index (χ1) is 10.8. The number of aliphatic hydroxyl groups excluding tert-OH is 1. The van der Waals surface area contributed by atoms with Gasteiger partial charge >= 0.3 is 0 Å². The highest BCUT2D eigenvalue weighted by Gasteiger charge is 2.40. The number of hydrogen-bond acceptors (Lipinski definition) is 5. The molecule has 1 aromatic carbocycles. The third kappa shape index (κ3) is 2.32. The first-order valence-electron chi connectivity index (χ1n) is 8.11. The fourth-order valence-corrected chi connectivity index (χ4v) is 4.28. The van der Waals surface area contributed by atoms with Crippen molar-refractivity contribution < 1.29 is 19.3 Å². The topological polar surface area (TPSA) is 51.2 Å². The van der Waals surface area contributed by atoms with Gasteiger partial charge in [0.25, 0.3) is 0 Å². The minimum Gasteiger partial charge on any atom is -0.493 e. The SMILES string of the molecule is COc1cc(CN2[C@@H]3CC[C@H]2CC(CO)C3)cc2c1OCO2. The van der Waals surface area contributed by atoms with Gasteiger partial charge in [-0.15, -0.1) is 0 Å². The van der Waals surface area contributed by atoms with Crippen LogP contribution in [0.1, 0.15) is 31.2 Å². The molecule has 0 saturated carbocycles. The number of piperidine rings is 1. The Bertz CT molecular complexity index is 548. The molecule has 22 heavy (non-hydrogen) atoms. The molecule has 1 N–H and O–H groups in total. The highest BCUT2D eigenvalue weighted by Crippen LogP contribution is 2.44. The first-order valence-corrected chi connectivity index (χ1v) is 8.11. The average molecular weight is 305 g/mol. The van der Waals surface area contributed by atoms with E-state index in [0.717, 1.165) is 30.9 Å². The smallest absolute Gasteiger partial charge is 0.231 e. The Morgan fingerprint density at radius 2 is 2.00 bits per heavy atom. The van der Waals surface area contributed by atoms with Crippen LogP contribution in [0.15, 0.2) is 12.1 Å². The summed E-state index contributed by atoms with van der Waals surface area (Å²) in [6.45, 7) is 1.52. The lowest BCUT2D eigenvalue weighted by molar-refractivity contribution is 0.0682. The van der Waals surface area contributed by atoms with E-state index in [1.165, 1.54) is 18.4 Å². The van der Waals surface area contributed by atoms with Crippen LogP contribution in [-0.2, 0) is 6.54 Å². The summed E-state index contributed by atoms with van der Waals surface area (Å²) in [7, 11) is 1.66. The van der Waals surface area contributed by atoms with Crippen LogP contribution in [0, 0.1) is 5.92 Å². The molecule has 2 fully saturated rings. The molecule has 0 spiro atoms. The molecule has 3 atom stereocenters. The molecular weight excluding hydrogens is 282 g/mol. The third-order valence-corrected chi connectivity index (χ3v) is 5.32. The fourth-order valence-electron chi connectivity index (χ4n) is 4.28. The fraction of sp³-hybridized carbons (Fsp3) is 0.647. The maximum atomic E-state index is 9.44. The molecule has 5 heteroatoms. The van der Waals surface area contributed by atoms with E-state index in [1.807, 2.05) is 0 Å². The van der Waals surface area contributed by atoms with Gasteiger partial charge in [-0.25, -0.2) is 0 Å². The van der Waals surface area contributed by atoms with Crippen molar-refractivity contribution in [2.75, 3.05) is 20.5 Å². The summed E-state index contributed by atoms with van der Waals surface area (Å²) >= 11 is 0. The van der Waals surface area contributed by atoms with Crippen LogP contribution in [-0.4, -0.2) is 42.6 Å². The molecule has 4 rings (SSSR count). The van der Waals surface area contributed by atoms with Gasteiger partial charge in [-0.3, -0.25) is 4.90 Å². The summed E-state index contributed by atoms with van der Waals surface area (Å²) in [5, 5.41) is 9.44. The maximum Gasteiger partial charge on any atom is 0.231 e. The standard InChI is InChI=1S/C17H23NO4/c1-20-15-6-11(7-16-17(15)22-10-21-16)8-18-13-2-3-14(18)5-12(4-13)9-19/h6-7,12-14,19H,2-5,8-10H2,1H3/t12?,13-,14+. The summed E-state index contributed by atoms with van der Waals surface area (Å²) in [6.07, 6.45) is 4.75. The zero-order chi connectivity index (χ0) is 15.1. The minimum absolute atomic E-state index is 0.266. The van der Waals surface area contributed by atoms with Crippen molar-refractivity contribution in [1.82, 2.24) is 4.90 Å². The van der Waals surface area contributed by atoms with E-state index in [9.17, 15) is 5.11 Å². The Labute approximate surface area is 130 Å². The van der Waals surface area contributed by atoms with Gasteiger partial charge in [0.15, 0.2) is 11.5 Å². The maximum absolute atomic E-state index is 9.44. The summed E-state index contributed by atoms with van der Waals surface area (Å²) in [4.78, 5) is 2.60. The van der Waals surface area contributed by atoms with E-state index in [4.69, 9.17) is 14.2 Å². The molecule has 1 aromatic rings. The molecule has 2 saturated heterocycles. The van der Waals surface area contributed by atoms with E-state index < -0.39 is 0 Å². The van der Waals surface area contributed by atoms with Crippen LogP contribution in [0.5, 0.6) is 17.2 Å². The van der Waals surface area contributed by atoms with Crippen LogP contribution in [0.3, 0.4) is 0 Å². The van der Waals surface area contributed by atoms with Crippen molar-refractivity contribution in [1.29, 1.82) is 0 Å². The zero-order valence-electron chi connectivity index (χ0n) is 13.0. The molecule has 0 radical (unpaired) electrons. The zero-order valence-corrected chi connectivity index (χ0v) is 13.0. The van der Waals surface area contributed by atoms with E-state index in [0.29, 0.717) is 30.4 Å². The monoisotopic (exact) mass is 305 g/mol. The molecule has 0 amide bonds. The van der Waals surface area contributed by atoms with Gasteiger partial charge in [-0.1, -0.05) is 0 Å². The largest absolute Gasteiger partial charge is 0.493 e. The van der Waals surface area contributed by atoms with Gasteiger partial charge in [0, 0.05) is 25.2 Å². The lowest BCUT2D eigenvalue weighted by atomic mass is 9.91. The highest BCUT2D eigenvalue weighted by atomic mass is 16.7. The lowest BCUT2D eigenvalue weighted by Crippen LogP contribution is -2.43. The first kappa shape index (κ1) is 14.2. The van der Waals surface area contributed by atoms with Gasteiger partial charge in [-0.05, 0) is 49.3 Å². The predicted octanol–water partition coefficient (Wildman–Crippen LogP) is 2.16. The molecule has 2 bridgehead atoms. The minimum atomic E-state index is 0.266. The van der Waals surface area contributed by atoms with Crippen LogP contribution in [0.4, 0.5) is 0 Å². The Morgan fingerprint density at radius 1 is 1.23 bits per heavy atom. The number of hydrogen-bond donors (Lipinski definition) is 1. The predicted molar refractivity (Wildman–Crippen MR) is 81.3 cm³/mol. The average Bonchev–Trinajstić information content (AvgIpc) is 3.08. The second-order valence-electron chi connectivity index (χ2n) is 6.61. The Balaban J connectivity index is 1.55. The normalized spacial score (nSPS) is 29.8. The summed E-state index contributed by atoms with van der Waals surface area (Å²) < 4.78 is 16.4. The van der Waals surface area contributed by atoms with Crippen molar-refractivity contribution in [2.45, 2.75) is 44.3 Å². The number of nitrogens with zero attached hydrogens (tertiary/aromatic N) is 1. The quantitative estimate of drug-likeness (QED) is 0.924. The second-order valence-corrected chi connectivity index (χ2v) is 6.61. The summed E-state index contributed by atoms with van der Waals surface area (Å²) in [5.74, 6) is 2.74. The van der Waals surface area contributed by atoms with Crippen molar-refractivity contribution in [3.8, 4) is 17.2 Å². The molecule has 3 heterocycles. The van der Waals surface area contributed by atoms with Crippen LogP contribution in [0.2, 0.25) is 0 Å². The van der Waals surface area contributed by atoms with Crippen LogP contribution >= 0.6 is 0 Å². The van der Waals surface area contributed by atoms with Crippen molar-refractivity contribution >= 4 is 0 Å². The van der Waals surface area contributed by atoms with E-state index in [2.05, 4.69) is 17.0 Å². The number of rotatable bonds is 4. The number of methoxy groups -OCH3 is 1. The second kappa shape index (κ2) is 5.63. The lowest BCUT2D eigenvalue weighted by Gasteiger charge is -2.38. The number of fused-ring (bicyclic) bond motifs is 3. The van der Waals surface area contributed by atoms with E-state index in [-0.39, 0.29) is 6.79 Å². The van der Waals surface area contributed by atoms with Gasteiger partial charge in [-0.2, -0.15) is 0 Å². The van der Waals surface area contributed by atoms with Crippen molar-refractivity contribution in [2.24, 2.45) is 5.92 Å². The van der Waals surface area contributed by atoms with Gasteiger partial charge in [0.05, 0.1) is 7.11 Å². The number of benzene rings is 1. The van der Waals surface area contributed by atoms with Crippen molar-refractivity contribution in [3.05, 3.63) is 17.7 Å². The van der Waals surface area contributed by atoms with Gasteiger partial charge in [0.2, 0.25) is 12.5 Å². The number of ether oxygens (including phenoxy) is 3. The van der Waals surface area contributed by atoms with Gasteiger partial charge < -0.3 is 19.3 Å².